The van der Waals surface area contributed by atoms with E-state index in [1.165, 1.54) is 24.3 Å². The fourth-order valence-corrected chi connectivity index (χ4v) is 3.06. The molecule has 1 amide bonds. The Morgan fingerprint density at radius 3 is 2.25 bits per heavy atom. The smallest absolute Gasteiger partial charge is 0.261 e. The first-order valence-electron chi connectivity index (χ1n) is 7.59. The van der Waals surface area contributed by atoms with Crippen LogP contribution in [0, 0.1) is 5.82 Å². The maximum atomic E-state index is 12.9. The average Bonchev–Trinajstić information content (AvgIpc) is 2.55. The summed E-state index contributed by atoms with van der Waals surface area (Å²) in [6.07, 6.45) is 1.89. The number of hydrogen-bond acceptors (Lipinski definition) is 3. The van der Waals surface area contributed by atoms with Crippen molar-refractivity contribution in [3.8, 4) is 0 Å². The Kier molecular flexibility index (Phi) is 5.92. The van der Waals surface area contributed by atoms with Gasteiger partial charge in [-0.1, -0.05) is 13.3 Å². The van der Waals surface area contributed by atoms with E-state index in [9.17, 15) is 17.6 Å². The number of amides is 1. The van der Waals surface area contributed by atoms with Crippen LogP contribution in [0.2, 0.25) is 0 Å². The summed E-state index contributed by atoms with van der Waals surface area (Å²) in [5.41, 5.74) is 0.778. The monoisotopic (exact) mass is 350 g/mol. The lowest BCUT2D eigenvalue weighted by Crippen LogP contribution is -2.24. The molecule has 128 valence electrons. The molecule has 2 N–H and O–H groups in total. The minimum atomic E-state index is -3.80. The summed E-state index contributed by atoms with van der Waals surface area (Å²) in [6, 6.07) is 10.6. The average molecular weight is 350 g/mol. The SMILES string of the molecule is CCCCNC(=O)c1ccc(NS(=O)(=O)c2ccc(F)cc2)cc1. The zero-order valence-electron chi connectivity index (χ0n) is 13.3. The second-order valence-corrected chi connectivity index (χ2v) is 6.93. The molecule has 2 aromatic rings. The molecule has 0 saturated heterocycles. The van der Waals surface area contributed by atoms with Crippen LogP contribution in [-0.4, -0.2) is 20.9 Å². The van der Waals surface area contributed by atoms with E-state index in [0.717, 1.165) is 25.0 Å². The Bertz CT molecular complexity index is 788. The van der Waals surface area contributed by atoms with Crippen molar-refractivity contribution in [2.45, 2.75) is 24.7 Å². The normalized spacial score (nSPS) is 11.1. The Hall–Kier alpha value is -2.41. The molecule has 0 aliphatic heterocycles. The lowest BCUT2D eigenvalue weighted by molar-refractivity contribution is 0.0953. The van der Waals surface area contributed by atoms with Gasteiger partial charge in [0.2, 0.25) is 0 Å². The van der Waals surface area contributed by atoms with Crippen LogP contribution >= 0.6 is 0 Å². The van der Waals surface area contributed by atoms with Crippen molar-refractivity contribution < 1.29 is 17.6 Å². The quantitative estimate of drug-likeness (QED) is 0.753. The number of rotatable bonds is 7. The second kappa shape index (κ2) is 7.92. The van der Waals surface area contributed by atoms with Gasteiger partial charge in [0.05, 0.1) is 4.90 Å². The van der Waals surface area contributed by atoms with E-state index in [2.05, 4.69) is 10.0 Å². The Labute approximate surface area is 141 Å². The second-order valence-electron chi connectivity index (χ2n) is 5.25. The van der Waals surface area contributed by atoms with Gasteiger partial charge in [0.15, 0.2) is 0 Å². The molecule has 0 bridgehead atoms. The fraction of sp³-hybridized carbons (Fsp3) is 0.235. The van der Waals surface area contributed by atoms with Crippen LogP contribution in [0.25, 0.3) is 0 Å². The van der Waals surface area contributed by atoms with E-state index >= 15 is 0 Å². The standard InChI is InChI=1S/C17H19FN2O3S/c1-2-3-12-19-17(21)13-4-8-15(9-5-13)20-24(22,23)16-10-6-14(18)7-11-16/h4-11,20H,2-3,12H2,1H3,(H,19,21). The van der Waals surface area contributed by atoms with Gasteiger partial charge in [0.25, 0.3) is 15.9 Å². The molecular weight excluding hydrogens is 331 g/mol. The maximum absolute atomic E-state index is 12.9. The molecule has 0 radical (unpaired) electrons. The number of unbranched alkanes of at least 4 members (excludes halogenated alkanes) is 1. The summed E-state index contributed by atoms with van der Waals surface area (Å²) < 4.78 is 39.7. The molecule has 0 unspecified atom stereocenters. The highest BCUT2D eigenvalue weighted by Gasteiger charge is 2.14. The van der Waals surface area contributed by atoms with Gasteiger partial charge in [-0.05, 0) is 55.0 Å². The van der Waals surface area contributed by atoms with Gasteiger partial charge in [-0.25, -0.2) is 12.8 Å². The summed E-state index contributed by atoms with van der Waals surface area (Å²) in [6.45, 7) is 2.64. The zero-order chi connectivity index (χ0) is 17.6. The van der Waals surface area contributed by atoms with Crippen LogP contribution in [0.4, 0.5) is 10.1 Å². The van der Waals surface area contributed by atoms with Gasteiger partial charge < -0.3 is 5.32 Å². The molecule has 0 spiro atoms. The zero-order valence-corrected chi connectivity index (χ0v) is 14.1. The first-order chi connectivity index (χ1) is 11.4. The molecule has 0 aliphatic rings. The molecule has 0 aliphatic carbocycles. The third-order valence-electron chi connectivity index (χ3n) is 3.34. The van der Waals surface area contributed by atoms with Crippen LogP contribution in [0.5, 0.6) is 0 Å². The predicted octanol–water partition coefficient (Wildman–Crippen LogP) is 3.16. The van der Waals surface area contributed by atoms with Crippen LogP contribution in [-0.2, 0) is 10.0 Å². The van der Waals surface area contributed by atoms with Crippen LogP contribution in [0.1, 0.15) is 30.1 Å². The van der Waals surface area contributed by atoms with Gasteiger partial charge in [-0.3, -0.25) is 9.52 Å². The molecule has 0 saturated carbocycles. The van der Waals surface area contributed by atoms with Crippen molar-refractivity contribution in [1.82, 2.24) is 5.32 Å². The molecule has 24 heavy (non-hydrogen) atoms. The van der Waals surface area contributed by atoms with Crippen molar-refractivity contribution in [2.24, 2.45) is 0 Å². The number of benzene rings is 2. The molecule has 7 heteroatoms. The third-order valence-corrected chi connectivity index (χ3v) is 4.74. The van der Waals surface area contributed by atoms with Crippen LogP contribution in [0.15, 0.2) is 53.4 Å². The van der Waals surface area contributed by atoms with E-state index in [4.69, 9.17) is 0 Å². The minimum absolute atomic E-state index is 0.0368. The number of anilines is 1. The van der Waals surface area contributed by atoms with Crippen molar-refractivity contribution in [3.05, 3.63) is 59.9 Å². The predicted molar refractivity (Wildman–Crippen MR) is 90.9 cm³/mol. The Morgan fingerprint density at radius 2 is 1.67 bits per heavy atom. The van der Waals surface area contributed by atoms with Gasteiger partial charge in [-0.15, -0.1) is 0 Å². The molecular formula is C17H19FN2O3S. The topological polar surface area (TPSA) is 75.3 Å². The summed E-state index contributed by atoms with van der Waals surface area (Å²) in [5.74, 6) is -0.705. The van der Waals surface area contributed by atoms with Crippen LogP contribution < -0.4 is 10.0 Å². The van der Waals surface area contributed by atoms with E-state index in [0.29, 0.717) is 17.8 Å². The highest BCUT2D eigenvalue weighted by Crippen LogP contribution is 2.17. The summed E-state index contributed by atoms with van der Waals surface area (Å²) in [4.78, 5) is 11.8. The summed E-state index contributed by atoms with van der Waals surface area (Å²) in [7, 11) is -3.80. The van der Waals surface area contributed by atoms with Gasteiger partial charge in [0, 0.05) is 17.8 Å². The number of sulfonamides is 1. The van der Waals surface area contributed by atoms with E-state index < -0.39 is 15.8 Å². The van der Waals surface area contributed by atoms with Gasteiger partial charge in [0.1, 0.15) is 5.82 Å². The number of hydrogen-bond donors (Lipinski definition) is 2. The highest BCUT2D eigenvalue weighted by atomic mass is 32.2. The molecule has 0 atom stereocenters. The van der Waals surface area contributed by atoms with Crippen LogP contribution in [0.3, 0.4) is 0 Å². The van der Waals surface area contributed by atoms with Crippen molar-refractivity contribution in [2.75, 3.05) is 11.3 Å². The molecule has 2 rings (SSSR count). The Morgan fingerprint density at radius 1 is 1.04 bits per heavy atom. The maximum Gasteiger partial charge on any atom is 0.261 e. The lowest BCUT2D eigenvalue weighted by atomic mass is 10.2. The van der Waals surface area contributed by atoms with Crippen molar-refractivity contribution in [1.29, 1.82) is 0 Å². The summed E-state index contributed by atoms with van der Waals surface area (Å²) >= 11 is 0. The summed E-state index contributed by atoms with van der Waals surface area (Å²) in [5, 5.41) is 2.79. The first kappa shape index (κ1) is 17.9. The van der Waals surface area contributed by atoms with Gasteiger partial charge in [-0.2, -0.15) is 0 Å². The molecule has 0 heterocycles. The molecule has 0 aromatic heterocycles. The number of nitrogens with one attached hydrogen (secondary N) is 2. The number of carbonyl (C=O) groups excluding carboxylic acids is 1. The van der Waals surface area contributed by atoms with Gasteiger partial charge >= 0.3 is 0 Å². The lowest BCUT2D eigenvalue weighted by Gasteiger charge is -2.09. The first-order valence-corrected chi connectivity index (χ1v) is 9.07. The third kappa shape index (κ3) is 4.79. The van der Waals surface area contributed by atoms with E-state index in [1.54, 1.807) is 12.1 Å². The van der Waals surface area contributed by atoms with E-state index in [1.807, 2.05) is 6.92 Å². The van der Waals surface area contributed by atoms with Crippen molar-refractivity contribution in [3.63, 3.8) is 0 Å². The van der Waals surface area contributed by atoms with Crippen molar-refractivity contribution >= 4 is 21.6 Å². The largest absolute Gasteiger partial charge is 0.352 e. The Balaban J connectivity index is 2.05. The fourth-order valence-electron chi connectivity index (χ4n) is 2.00. The van der Waals surface area contributed by atoms with E-state index in [-0.39, 0.29) is 10.8 Å². The highest BCUT2D eigenvalue weighted by molar-refractivity contribution is 7.92. The molecule has 0 fully saturated rings. The number of halogens is 1. The minimum Gasteiger partial charge on any atom is -0.352 e. The molecule has 5 nitrogen and oxygen atoms in total. The number of carbonyl (C=O) groups is 1. The molecule has 2 aromatic carbocycles.